The predicted octanol–water partition coefficient (Wildman–Crippen LogP) is 2.59. The van der Waals surface area contributed by atoms with E-state index in [0.717, 1.165) is 16.9 Å². The summed E-state index contributed by atoms with van der Waals surface area (Å²) in [5, 5.41) is 19.5. The van der Waals surface area contributed by atoms with Gasteiger partial charge in [-0.2, -0.15) is 0 Å². The molecule has 1 aliphatic heterocycles. The van der Waals surface area contributed by atoms with Crippen LogP contribution < -0.4 is 16.0 Å². The number of nitrogens with one attached hydrogen (secondary N) is 3. The van der Waals surface area contributed by atoms with Gasteiger partial charge in [-0.15, -0.1) is 0 Å². The highest BCUT2D eigenvalue weighted by Crippen LogP contribution is 2.11. The van der Waals surface area contributed by atoms with Crippen LogP contribution in [0.2, 0.25) is 0 Å². The number of likely N-dealkylation sites (N-methyl/N-ethyl adjacent to an activating group) is 1. The van der Waals surface area contributed by atoms with Gasteiger partial charge in [-0.25, -0.2) is 14.4 Å². The van der Waals surface area contributed by atoms with Crippen molar-refractivity contribution in [2.24, 2.45) is 0 Å². The van der Waals surface area contributed by atoms with Crippen LogP contribution in [0.4, 0.5) is 9.59 Å². The van der Waals surface area contributed by atoms with Crippen molar-refractivity contribution in [2.45, 2.75) is 56.9 Å². The monoisotopic (exact) mass is 554 g/mol. The standard InChI is InChI=1S/C29H38N4O7/c1-33(29(38)40-27(36)24-16-10-18-30-24)19-25(34)23(32-26(35)22-13-6-3-7-14-22)15-8-9-17-31-28(37)39-20-21-11-4-2-5-12-21/h2-7,11-14,23-25,30,34H,8-10,15-20H2,1H3,(H,31,37)(H,32,35)/t23?,24-,25?/m0/s1. The zero-order valence-corrected chi connectivity index (χ0v) is 22.7. The molecule has 40 heavy (non-hydrogen) atoms. The van der Waals surface area contributed by atoms with Gasteiger partial charge in [0, 0.05) is 19.2 Å². The highest BCUT2D eigenvalue weighted by Gasteiger charge is 2.29. The van der Waals surface area contributed by atoms with Gasteiger partial charge in [0.2, 0.25) is 0 Å². The van der Waals surface area contributed by atoms with E-state index in [4.69, 9.17) is 9.47 Å². The molecule has 0 saturated carbocycles. The molecular weight excluding hydrogens is 516 g/mol. The molecule has 4 N–H and O–H groups in total. The van der Waals surface area contributed by atoms with Gasteiger partial charge in [0.1, 0.15) is 12.6 Å². The Balaban J connectivity index is 1.47. The Morgan fingerprint density at radius 1 is 1.05 bits per heavy atom. The molecule has 0 aromatic heterocycles. The van der Waals surface area contributed by atoms with Gasteiger partial charge in [0.05, 0.1) is 18.7 Å². The summed E-state index contributed by atoms with van der Waals surface area (Å²) < 4.78 is 10.1. The fourth-order valence-corrected chi connectivity index (χ4v) is 4.26. The average molecular weight is 555 g/mol. The Morgan fingerprint density at radius 3 is 2.42 bits per heavy atom. The van der Waals surface area contributed by atoms with Crippen LogP contribution in [0.15, 0.2) is 60.7 Å². The maximum atomic E-state index is 12.8. The van der Waals surface area contributed by atoms with Crippen molar-refractivity contribution in [2.75, 3.05) is 26.7 Å². The Hall–Kier alpha value is -3.96. The van der Waals surface area contributed by atoms with E-state index in [1.165, 1.54) is 7.05 Å². The van der Waals surface area contributed by atoms with Crippen LogP contribution in [0.3, 0.4) is 0 Å². The number of rotatable bonds is 13. The summed E-state index contributed by atoms with van der Waals surface area (Å²) in [6, 6.07) is 16.7. The second-order valence-corrected chi connectivity index (χ2v) is 9.71. The molecule has 2 aromatic carbocycles. The zero-order valence-electron chi connectivity index (χ0n) is 22.7. The number of alkyl carbamates (subject to hydrolysis) is 1. The molecule has 0 spiro atoms. The summed E-state index contributed by atoms with van der Waals surface area (Å²) in [5.41, 5.74) is 1.32. The van der Waals surface area contributed by atoms with E-state index in [1.54, 1.807) is 30.3 Å². The smallest absolute Gasteiger partial charge is 0.417 e. The van der Waals surface area contributed by atoms with Crippen molar-refractivity contribution in [3.63, 3.8) is 0 Å². The third-order valence-electron chi connectivity index (χ3n) is 6.55. The number of esters is 1. The molecule has 1 saturated heterocycles. The fraction of sp³-hybridized carbons (Fsp3) is 0.448. The molecule has 216 valence electrons. The van der Waals surface area contributed by atoms with E-state index < -0.39 is 36.3 Å². The highest BCUT2D eigenvalue weighted by atomic mass is 16.6. The van der Waals surface area contributed by atoms with Crippen LogP contribution in [0.5, 0.6) is 0 Å². The van der Waals surface area contributed by atoms with Crippen molar-refractivity contribution in [3.8, 4) is 0 Å². The van der Waals surface area contributed by atoms with Gasteiger partial charge < -0.3 is 35.4 Å². The Labute approximate surface area is 234 Å². The minimum absolute atomic E-state index is 0.159. The number of unbranched alkanes of at least 4 members (excludes halogenated alkanes) is 1. The molecule has 1 fully saturated rings. The molecule has 3 amide bonds. The van der Waals surface area contributed by atoms with Crippen molar-refractivity contribution < 1.29 is 33.8 Å². The van der Waals surface area contributed by atoms with Crippen LogP contribution in [0.1, 0.15) is 48.0 Å². The predicted molar refractivity (Wildman–Crippen MR) is 147 cm³/mol. The van der Waals surface area contributed by atoms with E-state index in [2.05, 4.69) is 16.0 Å². The number of nitrogens with zero attached hydrogens (tertiary/aromatic N) is 1. The molecule has 2 unspecified atom stereocenters. The largest absolute Gasteiger partial charge is 0.445 e. The minimum Gasteiger partial charge on any atom is -0.445 e. The van der Waals surface area contributed by atoms with Crippen LogP contribution in [0.25, 0.3) is 0 Å². The molecule has 11 nitrogen and oxygen atoms in total. The van der Waals surface area contributed by atoms with Crippen molar-refractivity contribution in [1.82, 2.24) is 20.9 Å². The summed E-state index contributed by atoms with van der Waals surface area (Å²) in [6.45, 7) is 1.06. The number of hydrogen-bond donors (Lipinski definition) is 4. The van der Waals surface area contributed by atoms with Gasteiger partial charge >= 0.3 is 18.2 Å². The molecule has 0 aliphatic carbocycles. The van der Waals surface area contributed by atoms with E-state index in [9.17, 15) is 24.3 Å². The maximum absolute atomic E-state index is 12.8. The summed E-state index contributed by atoms with van der Waals surface area (Å²) in [5.74, 6) is -1.01. The molecule has 1 aliphatic rings. The number of carbonyl (C=O) groups excluding carboxylic acids is 4. The normalized spacial score (nSPS) is 15.9. The number of aliphatic hydroxyl groups excluding tert-OH is 1. The number of aliphatic hydroxyl groups is 1. The lowest BCUT2D eigenvalue weighted by Gasteiger charge is -2.28. The summed E-state index contributed by atoms with van der Waals surface area (Å²) in [7, 11) is 1.42. The van der Waals surface area contributed by atoms with Crippen molar-refractivity contribution >= 4 is 24.1 Å². The van der Waals surface area contributed by atoms with Crippen LogP contribution >= 0.6 is 0 Å². The lowest BCUT2D eigenvalue weighted by Crippen LogP contribution is -2.49. The van der Waals surface area contributed by atoms with Gasteiger partial charge in [0.15, 0.2) is 0 Å². The molecule has 0 radical (unpaired) electrons. The third-order valence-corrected chi connectivity index (χ3v) is 6.55. The average Bonchev–Trinajstić information content (AvgIpc) is 3.51. The molecule has 0 bridgehead atoms. The zero-order chi connectivity index (χ0) is 28.7. The first-order valence-corrected chi connectivity index (χ1v) is 13.5. The van der Waals surface area contributed by atoms with E-state index >= 15 is 0 Å². The summed E-state index contributed by atoms with van der Waals surface area (Å²) in [4.78, 5) is 50.4. The highest BCUT2D eigenvalue weighted by molar-refractivity contribution is 5.94. The van der Waals surface area contributed by atoms with Gasteiger partial charge in [-0.1, -0.05) is 48.5 Å². The lowest BCUT2D eigenvalue weighted by atomic mass is 10.0. The molecule has 2 aromatic rings. The molecular formula is C29H38N4O7. The van der Waals surface area contributed by atoms with Gasteiger partial charge in [-0.05, 0) is 56.3 Å². The Kier molecular flexibility index (Phi) is 12.4. The second-order valence-electron chi connectivity index (χ2n) is 9.71. The fourth-order valence-electron chi connectivity index (χ4n) is 4.26. The quantitative estimate of drug-likeness (QED) is 0.168. The Bertz CT molecular complexity index is 1090. The van der Waals surface area contributed by atoms with Gasteiger partial charge in [0.25, 0.3) is 5.91 Å². The minimum atomic E-state index is -1.13. The second kappa shape index (κ2) is 16.2. The SMILES string of the molecule is CN(CC(O)C(CCCCNC(=O)OCc1ccccc1)NC(=O)c1ccccc1)C(=O)OC(=O)[C@@H]1CCCN1. The molecule has 11 heteroatoms. The molecule has 3 rings (SSSR count). The first-order valence-electron chi connectivity index (χ1n) is 13.5. The topological polar surface area (TPSA) is 146 Å². The summed E-state index contributed by atoms with van der Waals surface area (Å²) >= 11 is 0. The number of carbonyl (C=O) groups is 4. The number of benzene rings is 2. The number of ether oxygens (including phenoxy) is 2. The van der Waals surface area contributed by atoms with Crippen LogP contribution in [0, 0.1) is 0 Å². The number of hydrogen-bond acceptors (Lipinski definition) is 8. The van der Waals surface area contributed by atoms with Gasteiger partial charge in [-0.3, -0.25) is 4.79 Å². The first kappa shape index (κ1) is 30.6. The van der Waals surface area contributed by atoms with E-state index in [0.29, 0.717) is 44.3 Å². The molecule has 1 heterocycles. The number of amides is 3. The van der Waals surface area contributed by atoms with Crippen molar-refractivity contribution in [3.05, 3.63) is 71.8 Å². The van der Waals surface area contributed by atoms with Crippen molar-refractivity contribution in [1.29, 1.82) is 0 Å². The van der Waals surface area contributed by atoms with Crippen LogP contribution in [-0.2, 0) is 20.9 Å². The molecule has 3 atom stereocenters. The third kappa shape index (κ3) is 10.3. The van der Waals surface area contributed by atoms with E-state index in [1.807, 2.05) is 30.3 Å². The summed E-state index contributed by atoms with van der Waals surface area (Å²) in [6.07, 6.45) is 0.426. The van der Waals surface area contributed by atoms with Crippen LogP contribution in [-0.4, -0.2) is 78.9 Å². The maximum Gasteiger partial charge on any atom is 0.417 e. The Morgan fingerprint density at radius 2 is 1.75 bits per heavy atom. The lowest BCUT2D eigenvalue weighted by molar-refractivity contribution is -0.140. The first-order chi connectivity index (χ1) is 19.3. The van der Waals surface area contributed by atoms with E-state index in [-0.39, 0.29) is 19.1 Å².